The van der Waals surface area contributed by atoms with Crippen molar-refractivity contribution < 1.29 is 14.3 Å². The second-order valence-electron chi connectivity index (χ2n) is 8.57. The van der Waals surface area contributed by atoms with Gasteiger partial charge in [-0.05, 0) is 37.0 Å². The summed E-state index contributed by atoms with van der Waals surface area (Å²) >= 11 is 1.60. The number of fused-ring (bicyclic) bond motifs is 1. The lowest BCUT2D eigenvalue weighted by atomic mass is 9.72. The summed E-state index contributed by atoms with van der Waals surface area (Å²) in [7, 11) is 0. The number of nitrogens with zero attached hydrogens (tertiary/aromatic N) is 2. The molecule has 2 saturated heterocycles. The van der Waals surface area contributed by atoms with E-state index in [2.05, 4.69) is 42.2 Å². The van der Waals surface area contributed by atoms with Crippen LogP contribution in [0, 0.1) is 6.92 Å². The number of ether oxygens (including phenoxy) is 2. The molecule has 2 fully saturated rings. The minimum Gasteiger partial charge on any atom is -0.467 e. The second-order valence-corrected chi connectivity index (χ2v) is 9.56. The van der Waals surface area contributed by atoms with Crippen molar-refractivity contribution in [2.75, 3.05) is 26.3 Å². The quantitative estimate of drug-likeness (QED) is 0.594. The van der Waals surface area contributed by atoms with Crippen molar-refractivity contribution in [3.8, 4) is 5.19 Å². The molecule has 5 nitrogen and oxygen atoms in total. The Morgan fingerprint density at radius 3 is 2.55 bits per heavy atom. The Kier molecular flexibility index (Phi) is 5.67. The lowest BCUT2D eigenvalue weighted by Gasteiger charge is -2.42. The van der Waals surface area contributed by atoms with Crippen molar-refractivity contribution in [3.05, 3.63) is 59.7 Å². The predicted octanol–water partition coefficient (Wildman–Crippen LogP) is 4.72. The van der Waals surface area contributed by atoms with Crippen LogP contribution in [-0.4, -0.2) is 48.2 Å². The zero-order valence-electron chi connectivity index (χ0n) is 17.9. The molecule has 0 bridgehead atoms. The zero-order valence-corrected chi connectivity index (χ0v) is 18.7. The van der Waals surface area contributed by atoms with Crippen molar-refractivity contribution in [2.45, 2.75) is 44.1 Å². The average Bonchev–Trinajstić information content (AvgIpc) is 3.24. The topological polar surface area (TPSA) is 51.7 Å². The van der Waals surface area contributed by atoms with Gasteiger partial charge in [0, 0.05) is 39.1 Å². The van der Waals surface area contributed by atoms with Crippen LogP contribution in [0.15, 0.2) is 48.5 Å². The Bertz CT molecular complexity index is 1050. The monoisotopic (exact) mass is 436 g/mol. The molecule has 3 heterocycles. The van der Waals surface area contributed by atoms with Gasteiger partial charge in [0.2, 0.25) is 5.91 Å². The first-order chi connectivity index (χ1) is 15.2. The molecule has 1 aromatic heterocycles. The SMILES string of the molecule is Cc1cccc2sc(OC3CCN(C(=O)C4(c5ccccc5)CCOCC4)CC3)nc12. The normalized spacial score (nSPS) is 19.5. The number of carbonyl (C=O) groups excluding carboxylic acids is 1. The van der Waals surface area contributed by atoms with Crippen LogP contribution < -0.4 is 4.74 Å². The highest BCUT2D eigenvalue weighted by molar-refractivity contribution is 7.20. The summed E-state index contributed by atoms with van der Waals surface area (Å²) < 4.78 is 13.0. The first kappa shape index (κ1) is 20.5. The molecule has 2 aliphatic heterocycles. The third-order valence-corrected chi connectivity index (χ3v) is 7.59. The van der Waals surface area contributed by atoms with E-state index in [0.717, 1.165) is 59.7 Å². The minimum atomic E-state index is -0.461. The molecule has 0 radical (unpaired) electrons. The number of thiazole rings is 1. The van der Waals surface area contributed by atoms with E-state index in [-0.39, 0.29) is 12.0 Å². The largest absolute Gasteiger partial charge is 0.467 e. The van der Waals surface area contributed by atoms with Crippen molar-refractivity contribution >= 4 is 27.5 Å². The predicted molar refractivity (Wildman–Crippen MR) is 123 cm³/mol. The van der Waals surface area contributed by atoms with Crippen LogP contribution in [0.25, 0.3) is 10.2 Å². The number of aryl methyl sites for hydroxylation is 1. The van der Waals surface area contributed by atoms with Gasteiger partial charge < -0.3 is 14.4 Å². The fraction of sp³-hybridized carbons (Fsp3) is 0.440. The van der Waals surface area contributed by atoms with Crippen LogP contribution in [0.1, 0.15) is 36.8 Å². The average molecular weight is 437 g/mol. The van der Waals surface area contributed by atoms with Gasteiger partial charge in [0.25, 0.3) is 5.19 Å². The maximum atomic E-state index is 13.7. The lowest BCUT2D eigenvalue weighted by molar-refractivity contribution is -0.143. The number of hydrogen-bond acceptors (Lipinski definition) is 5. The summed E-state index contributed by atoms with van der Waals surface area (Å²) in [6.07, 6.45) is 3.27. The number of carbonyl (C=O) groups is 1. The summed E-state index contributed by atoms with van der Waals surface area (Å²) in [5.41, 5.74) is 2.86. The summed E-state index contributed by atoms with van der Waals surface area (Å²) in [5.74, 6) is 0.246. The van der Waals surface area contributed by atoms with E-state index in [1.54, 1.807) is 11.3 Å². The number of rotatable bonds is 4. The number of aromatic nitrogens is 1. The Morgan fingerprint density at radius 1 is 1.10 bits per heavy atom. The van der Waals surface area contributed by atoms with Crippen molar-refractivity contribution in [3.63, 3.8) is 0 Å². The van der Waals surface area contributed by atoms with Gasteiger partial charge in [0.15, 0.2) is 0 Å². The third kappa shape index (κ3) is 3.94. The molecule has 0 N–H and O–H groups in total. The van der Waals surface area contributed by atoms with Gasteiger partial charge in [-0.25, -0.2) is 4.98 Å². The molecule has 31 heavy (non-hydrogen) atoms. The van der Waals surface area contributed by atoms with Crippen LogP contribution in [0.4, 0.5) is 0 Å². The standard InChI is InChI=1S/C25H28N2O3S/c1-18-6-5-9-21-22(18)26-24(31-21)30-20-10-14-27(15-11-20)23(28)25(12-16-29-17-13-25)19-7-3-2-4-8-19/h2-9,20H,10-17H2,1H3. The van der Waals surface area contributed by atoms with Gasteiger partial charge in [-0.1, -0.05) is 53.8 Å². The zero-order chi connectivity index (χ0) is 21.3. The fourth-order valence-electron chi connectivity index (χ4n) is 4.84. The Labute approximate surface area is 187 Å². The number of likely N-dealkylation sites (tertiary alicyclic amines) is 1. The highest BCUT2D eigenvalue weighted by Crippen LogP contribution is 2.38. The Hall–Kier alpha value is -2.44. The van der Waals surface area contributed by atoms with E-state index in [1.807, 2.05) is 23.1 Å². The molecule has 162 valence electrons. The summed E-state index contributed by atoms with van der Waals surface area (Å²) in [4.78, 5) is 20.4. The van der Waals surface area contributed by atoms with Gasteiger partial charge in [-0.2, -0.15) is 0 Å². The summed E-state index contributed by atoms with van der Waals surface area (Å²) in [6.45, 7) is 4.80. The first-order valence-corrected chi connectivity index (χ1v) is 11.9. The van der Waals surface area contributed by atoms with Gasteiger partial charge in [-0.15, -0.1) is 0 Å². The molecule has 0 unspecified atom stereocenters. The molecule has 2 aromatic carbocycles. The van der Waals surface area contributed by atoms with Gasteiger partial charge in [-0.3, -0.25) is 4.79 Å². The Morgan fingerprint density at radius 2 is 1.84 bits per heavy atom. The van der Waals surface area contributed by atoms with Crippen LogP contribution in [0.5, 0.6) is 5.19 Å². The number of hydrogen-bond donors (Lipinski definition) is 0. The van der Waals surface area contributed by atoms with E-state index < -0.39 is 5.41 Å². The lowest BCUT2D eigenvalue weighted by Crippen LogP contribution is -2.53. The minimum absolute atomic E-state index is 0.104. The molecule has 2 aliphatic rings. The number of piperidine rings is 1. The molecule has 6 heteroatoms. The van der Waals surface area contributed by atoms with Gasteiger partial charge in [0.1, 0.15) is 6.10 Å². The Balaban J connectivity index is 1.27. The van der Waals surface area contributed by atoms with Crippen molar-refractivity contribution in [2.24, 2.45) is 0 Å². The second kappa shape index (κ2) is 8.60. The molecular weight excluding hydrogens is 408 g/mol. The molecular formula is C25H28N2O3S. The van der Waals surface area contributed by atoms with Crippen LogP contribution in [0.2, 0.25) is 0 Å². The highest BCUT2D eigenvalue weighted by Gasteiger charge is 2.44. The van der Waals surface area contributed by atoms with E-state index >= 15 is 0 Å². The molecule has 0 aliphatic carbocycles. The number of amides is 1. The number of para-hydroxylation sites is 1. The van der Waals surface area contributed by atoms with E-state index in [9.17, 15) is 4.79 Å². The van der Waals surface area contributed by atoms with E-state index in [1.165, 1.54) is 5.56 Å². The fourth-order valence-corrected chi connectivity index (χ4v) is 5.80. The van der Waals surface area contributed by atoms with Crippen molar-refractivity contribution in [1.29, 1.82) is 0 Å². The molecule has 5 rings (SSSR count). The molecule has 0 spiro atoms. The number of benzene rings is 2. The summed E-state index contributed by atoms with van der Waals surface area (Å²) in [6, 6.07) is 16.5. The molecule has 0 saturated carbocycles. The molecule has 1 amide bonds. The smallest absolute Gasteiger partial charge is 0.274 e. The van der Waals surface area contributed by atoms with Gasteiger partial charge in [0.05, 0.1) is 15.6 Å². The van der Waals surface area contributed by atoms with E-state index in [4.69, 9.17) is 9.47 Å². The maximum Gasteiger partial charge on any atom is 0.274 e. The van der Waals surface area contributed by atoms with Crippen LogP contribution in [-0.2, 0) is 14.9 Å². The maximum absolute atomic E-state index is 13.7. The third-order valence-electron chi connectivity index (χ3n) is 6.68. The first-order valence-electron chi connectivity index (χ1n) is 11.1. The molecule has 0 atom stereocenters. The van der Waals surface area contributed by atoms with Crippen LogP contribution >= 0.6 is 11.3 Å². The van der Waals surface area contributed by atoms with E-state index in [0.29, 0.717) is 13.2 Å². The van der Waals surface area contributed by atoms with Crippen molar-refractivity contribution in [1.82, 2.24) is 9.88 Å². The van der Waals surface area contributed by atoms with Crippen LogP contribution in [0.3, 0.4) is 0 Å². The van der Waals surface area contributed by atoms with Gasteiger partial charge >= 0.3 is 0 Å². The summed E-state index contributed by atoms with van der Waals surface area (Å²) in [5, 5.41) is 0.735. The molecule has 3 aromatic rings. The highest BCUT2D eigenvalue weighted by atomic mass is 32.1.